The van der Waals surface area contributed by atoms with Gasteiger partial charge in [-0.2, -0.15) is 4.39 Å². The third-order valence-electron chi connectivity index (χ3n) is 3.58. The van der Waals surface area contributed by atoms with Crippen LogP contribution in [0.15, 0.2) is 27.5 Å². The molecule has 0 fully saturated rings. The van der Waals surface area contributed by atoms with E-state index in [1.54, 1.807) is 0 Å². The van der Waals surface area contributed by atoms with Crippen LogP contribution in [0.4, 0.5) is 18.9 Å². The highest BCUT2D eigenvalue weighted by atomic mass is 127. The van der Waals surface area contributed by atoms with Gasteiger partial charge >= 0.3 is 11.4 Å². The summed E-state index contributed by atoms with van der Waals surface area (Å²) in [5, 5.41) is 11.1. The molecule has 3 aromatic rings. The Balaban J connectivity index is 2.60. The molecule has 0 bridgehead atoms. The first-order valence-electron chi connectivity index (χ1n) is 6.69. The second-order valence-corrected chi connectivity index (χ2v) is 6.84. The van der Waals surface area contributed by atoms with Crippen LogP contribution < -0.4 is 10.4 Å². The Bertz CT molecular complexity index is 1150. The summed E-state index contributed by atoms with van der Waals surface area (Å²) in [5.41, 5.74) is -3.61. The first kappa shape index (κ1) is 18.7. The van der Waals surface area contributed by atoms with Gasteiger partial charge in [0.25, 0.3) is 0 Å². The highest BCUT2D eigenvalue weighted by Crippen LogP contribution is 2.41. The van der Waals surface area contributed by atoms with Crippen LogP contribution in [0.5, 0.6) is 5.75 Å². The summed E-state index contributed by atoms with van der Waals surface area (Å²) in [6, 6.07) is 3.62. The second kappa shape index (κ2) is 6.57. The highest BCUT2D eigenvalue weighted by molar-refractivity contribution is 14.1. The van der Waals surface area contributed by atoms with Gasteiger partial charge in [-0.15, -0.1) is 0 Å². The molecule has 0 unspecified atom stereocenters. The van der Waals surface area contributed by atoms with Crippen molar-refractivity contribution in [2.45, 2.75) is 0 Å². The van der Waals surface area contributed by atoms with Gasteiger partial charge in [0.05, 0.1) is 40.6 Å². The van der Waals surface area contributed by atoms with Gasteiger partial charge in [-0.05, 0) is 18.2 Å². The number of halogens is 5. The Morgan fingerprint density at radius 1 is 1.23 bits per heavy atom. The molecular formula is C14H6BrF3IN3O4. The van der Waals surface area contributed by atoms with Crippen LogP contribution in [0.25, 0.3) is 16.7 Å². The monoisotopic (exact) mass is 543 g/mol. The minimum atomic E-state index is -1.81. The van der Waals surface area contributed by atoms with Crippen molar-refractivity contribution in [3.63, 3.8) is 0 Å². The first-order chi connectivity index (χ1) is 12.2. The van der Waals surface area contributed by atoms with Crippen molar-refractivity contribution in [2.75, 3.05) is 7.11 Å². The van der Waals surface area contributed by atoms with Crippen LogP contribution in [0, 0.1) is 27.6 Å². The number of methoxy groups -OCH3 is 1. The summed E-state index contributed by atoms with van der Waals surface area (Å²) >= 11 is 4.50. The lowest BCUT2D eigenvalue weighted by atomic mass is 10.2. The number of aromatic nitrogens is 2. The van der Waals surface area contributed by atoms with Gasteiger partial charge in [0.15, 0.2) is 5.82 Å². The molecule has 0 aliphatic rings. The molecular weight excluding hydrogens is 538 g/mol. The van der Waals surface area contributed by atoms with Crippen molar-refractivity contribution in [3.8, 4) is 11.4 Å². The van der Waals surface area contributed by atoms with Crippen molar-refractivity contribution in [1.82, 2.24) is 7.35 Å². The van der Waals surface area contributed by atoms with Crippen molar-refractivity contribution in [2.24, 2.45) is 0 Å². The van der Waals surface area contributed by atoms with E-state index in [1.165, 1.54) is 35.0 Å². The molecule has 1 heterocycles. The molecule has 0 N–H and O–H groups in total. The summed E-state index contributed by atoms with van der Waals surface area (Å²) in [4.78, 5) is 22.5. The van der Waals surface area contributed by atoms with E-state index in [9.17, 15) is 28.1 Å². The number of imidazole rings is 1. The SMILES string of the molecule is COc1c([N+](=O)[O-])c(F)c(F)c2c1n(I)c(=O)n2-c1ccc(Br)cc1F. The molecule has 0 aliphatic carbocycles. The Morgan fingerprint density at radius 2 is 1.88 bits per heavy atom. The smallest absolute Gasteiger partial charge is 0.351 e. The molecule has 0 atom stereocenters. The fourth-order valence-electron chi connectivity index (χ4n) is 2.54. The van der Waals surface area contributed by atoms with Crippen molar-refractivity contribution >= 4 is 55.5 Å². The minimum Gasteiger partial charge on any atom is -0.489 e. The van der Waals surface area contributed by atoms with Crippen LogP contribution in [-0.2, 0) is 0 Å². The maximum Gasteiger partial charge on any atom is 0.351 e. The van der Waals surface area contributed by atoms with E-state index in [1.807, 2.05) is 0 Å². The fraction of sp³-hybridized carbons (Fsp3) is 0.0714. The normalized spacial score (nSPS) is 11.2. The Hall–Kier alpha value is -2.09. The lowest BCUT2D eigenvalue weighted by Crippen LogP contribution is -2.19. The summed E-state index contributed by atoms with van der Waals surface area (Å²) in [5.74, 6) is -5.01. The maximum atomic E-state index is 14.6. The number of nitrogens with zero attached hydrogens (tertiary/aromatic N) is 3. The molecule has 0 saturated carbocycles. The Labute approximate surface area is 164 Å². The van der Waals surface area contributed by atoms with Crippen molar-refractivity contribution in [1.29, 1.82) is 0 Å². The molecule has 0 saturated heterocycles. The number of nitro groups is 1. The van der Waals surface area contributed by atoms with Crippen LogP contribution in [0.3, 0.4) is 0 Å². The fourth-order valence-corrected chi connectivity index (χ4v) is 3.54. The number of benzene rings is 2. The molecule has 1 aromatic heterocycles. The van der Waals surface area contributed by atoms with Crippen LogP contribution in [-0.4, -0.2) is 19.4 Å². The topological polar surface area (TPSA) is 79.3 Å². The molecule has 2 aromatic carbocycles. The standard InChI is InChI=1S/C14H6BrF3IN3O4/c1-26-13-11(22(24)25)9(18)8(17)10-12(13)21(19)14(23)20(10)7-3-2-5(15)4-6(7)16/h2-4H,1H3. The van der Waals surface area contributed by atoms with E-state index >= 15 is 0 Å². The third kappa shape index (κ3) is 2.58. The average Bonchev–Trinajstić information content (AvgIpc) is 2.83. The number of rotatable bonds is 3. The molecule has 3 rings (SSSR count). The van der Waals surface area contributed by atoms with E-state index in [2.05, 4.69) is 15.9 Å². The molecule has 0 spiro atoms. The highest BCUT2D eigenvalue weighted by Gasteiger charge is 2.35. The number of ether oxygens (including phenoxy) is 1. The van der Waals surface area contributed by atoms with Crippen LogP contribution in [0.1, 0.15) is 0 Å². The predicted octanol–water partition coefficient (Wildman–Crippen LogP) is 4.09. The number of hydrogen-bond donors (Lipinski definition) is 0. The van der Waals surface area contributed by atoms with Gasteiger partial charge in [0.1, 0.15) is 16.9 Å². The van der Waals surface area contributed by atoms with Crippen molar-refractivity contribution in [3.05, 3.63) is 60.7 Å². The van der Waals surface area contributed by atoms with Gasteiger partial charge in [0, 0.05) is 4.47 Å². The molecule has 0 amide bonds. The molecule has 12 heteroatoms. The first-order valence-corrected chi connectivity index (χ1v) is 8.44. The molecule has 0 aliphatic heterocycles. The zero-order chi connectivity index (χ0) is 19.3. The van der Waals surface area contributed by atoms with E-state index in [-0.39, 0.29) is 11.2 Å². The van der Waals surface area contributed by atoms with Crippen molar-refractivity contribution < 1.29 is 22.8 Å². The number of nitro benzene ring substituents is 1. The van der Waals surface area contributed by atoms with Gasteiger partial charge in [-0.1, -0.05) is 15.9 Å². The lowest BCUT2D eigenvalue weighted by molar-refractivity contribution is -0.388. The zero-order valence-electron chi connectivity index (χ0n) is 12.6. The van der Waals surface area contributed by atoms with E-state index in [4.69, 9.17) is 4.74 Å². The Kier molecular flexibility index (Phi) is 4.72. The number of hydrogen-bond acceptors (Lipinski definition) is 4. The number of fused-ring (bicyclic) bond motifs is 1. The van der Waals surface area contributed by atoms with Gasteiger partial charge < -0.3 is 4.74 Å². The molecule has 7 nitrogen and oxygen atoms in total. The van der Waals surface area contributed by atoms with E-state index in [0.29, 0.717) is 9.04 Å². The Morgan fingerprint density at radius 3 is 2.42 bits per heavy atom. The second-order valence-electron chi connectivity index (χ2n) is 4.96. The van der Waals surface area contributed by atoms with Gasteiger partial charge in [0.2, 0.25) is 11.6 Å². The summed E-state index contributed by atoms with van der Waals surface area (Å²) in [7, 11) is 1.01. The summed E-state index contributed by atoms with van der Waals surface area (Å²) in [6.07, 6.45) is 0. The largest absolute Gasteiger partial charge is 0.489 e. The van der Waals surface area contributed by atoms with Crippen LogP contribution >= 0.6 is 38.8 Å². The zero-order valence-corrected chi connectivity index (χ0v) is 16.3. The van der Waals surface area contributed by atoms with E-state index in [0.717, 1.165) is 16.0 Å². The maximum absolute atomic E-state index is 14.6. The average molecular weight is 544 g/mol. The van der Waals surface area contributed by atoms with Gasteiger partial charge in [-0.25, -0.2) is 16.4 Å². The van der Waals surface area contributed by atoms with Crippen LogP contribution in [0.2, 0.25) is 0 Å². The minimum absolute atomic E-state index is 0.354. The molecule has 26 heavy (non-hydrogen) atoms. The van der Waals surface area contributed by atoms with Gasteiger partial charge in [-0.3, -0.25) is 14.7 Å². The lowest BCUT2D eigenvalue weighted by Gasteiger charge is -2.09. The summed E-state index contributed by atoms with van der Waals surface area (Å²) < 4.78 is 49.9. The third-order valence-corrected chi connectivity index (χ3v) is 4.97. The predicted molar refractivity (Wildman–Crippen MR) is 97.7 cm³/mol. The molecule has 136 valence electrons. The quantitative estimate of drug-likeness (QED) is 0.283. The van der Waals surface area contributed by atoms with E-state index < -0.39 is 45.0 Å². The molecule has 0 radical (unpaired) electrons. The summed E-state index contributed by atoms with van der Waals surface area (Å²) in [6.45, 7) is 0.